The molecule has 20 heavy (non-hydrogen) atoms. The summed E-state index contributed by atoms with van der Waals surface area (Å²) < 4.78 is 38.3. The van der Waals surface area contributed by atoms with Crippen molar-refractivity contribution in [2.45, 2.75) is 24.8 Å². The van der Waals surface area contributed by atoms with E-state index in [2.05, 4.69) is 0 Å². The highest BCUT2D eigenvalue weighted by atomic mass is 32.2. The Morgan fingerprint density at radius 2 is 1.95 bits per heavy atom. The molecule has 1 aromatic rings. The zero-order chi connectivity index (χ0) is 14.8. The first-order chi connectivity index (χ1) is 9.48. The molecule has 0 bridgehead atoms. The Morgan fingerprint density at radius 1 is 1.30 bits per heavy atom. The van der Waals surface area contributed by atoms with E-state index < -0.39 is 20.8 Å². The molecule has 1 aliphatic rings. The van der Waals surface area contributed by atoms with Crippen LogP contribution in [-0.2, 0) is 33.8 Å². The maximum atomic E-state index is 12.7. The minimum Gasteiger partial charge on any atom is -0.326 e. The van der Waals surface area contributed by atoms with Crippen LogP contribution in [0.1, 0.15) is 18.1 Å². The molecule has 1 saturated heterocycles. The lowest BCUT2D eigenvalue weighted by atomic mass is 10.1. The highest BCUT2D eigenvalue weighted by Crippen LogP contribution is 2.23. The van der Waals surface area contributed by atoms with Gasteiger partial charge in [0.2, 0.25) is 10.0 Å². The Bertz CT molecular complexity index is 604. The molecule has 0 radical (unpaired) electrons. The molecule has 1 fully saturated rings. The van der Waals surface area contributed by atoms with Crippen molar-refractivity contribution >= 4 is 20.8 Å². The smallest absolute Gasteiger partial charge is 0.243 e. The Balaban J connectivity index is 2.40. The van der Waals surface area contributed by atoms with E-state index >= 15 is 0 Å². The molecule has 0 spiro atoms. The summed E-state index contributed by atoms with van der Waals surface area (Å²) >= 11 is 0. The van der Waals surface area contributed by atoms with E-state index in [-0.39, 0.29) is 0 Å². The molecule has 2 N–H and O–H groups in total. The molecule has 0 saturated carbocycles. The highest BCUT2D eigenvalue weighted by Gasteiger charge is 2.29. The van der Waals surface area contributed by atoms with Crippen LogP contribution >= 0.6 is 0 Å². The van der Waals surface area contributed by atoms with Gasteiger partial charge < -0.3 is 5.73 Å². The van der Waals surface area contributed by atoms with Crippen LogP contribution in [0.3, 0.4) is 0 Å². The van der Waals surface area contributed by atoms with Crippen LogP contribution in [-0.4, -0.2) is 41.5 Å². The summed E-state index contributed by atoms with van der Waals surface area (Å²) in [6.45, 7) is 2.90. The molecule has 0 aromatic heterocycles. The Hall–Kier alpha value is -0.760. The van der Waals surface area contributed by atoms with E-state index in [9.17, 15) is 12.6 Å². The van der Waals surface area contributed by atoms with Crippen LogP contribution in [0.25, 0.3) is 0 Å². The van der Waals surface area contributed by atoms with E-state index in [0.29, 0.717) is 42.5 Å². The minimum atomic E-state index is -3.52. The number of nitrogens with zero attached hydrogens (tertiary/aromatic N) is 1. The van der Waals surface area contributed by atoms with Gasteiger partial charge in [0.1, 0.15) is 0 Å². The van der Waals surface area contributed by atoms with Gasteiger partial charge in [-0.15, -0.1) is 0 Å². The number of rotatable bonds is 4. The SMILES string of the molecule is CCc1ccc(CN)cc1S(=O)(=O)N1CCS(=O)CC1. The molecule has 112 valence electrons. The predicted octanol–water partition coefficient (Wildman–Crippen LogP) is 0.461. The van der Waals surface area contributed by atoms with E-state index in [1.54, 1.807) is 6.07 Å². The number of aryl methyl sites for hydroxylation is 1. The summed E-state index contributed by atoms with van der Waals surface area (Å²) in [6, 6.07) is 5.36. The number of hydrogen-bond acceptors (Lipinski definition) is 4. The van der Waals surface area contributed by atoms with Crippen molar-refractivity contribution in [3.05, 3.63) is 29.3 Å². The van der Waals surface area contributed by atoms with Gasteiger partial charge in [-0.1, -0.05) is 19.1 Å². The van der Waals surface area contributed by atoms with E-state index in [1.165, 1.54) is 4.31 Å². The van der Waals surface area contributed by atoms with Crippen molar-refractivity contribution in [2.24, 2.45) is 5.73 Å². The average molecular weight is 316 g/mol. The third kappa shape index (κ3) is 3.11. The first kappa shape index (κ1) is 15.6. The molecule has 7 heteroatoms. The normalized spacial score (nSPS) is 18.3. The quantitative estimate of drug-likeness (QED) is 0.875. The van der Waals surface area contributed by atoms with Gasteiger partial charge in [0.25, 0.3) is 0 Å². The zero-order valence-electron chi connectivity index (χ0n) is 11.5. The molecule has 5 nitrogen and oxygen atoms in total. The van der Waals surface area contributed by atoms with Crippen LogP contribution in [0.2, 0.25) is 0 Å². The lowest BCUT2D eigenvalue weighted by molar-refractivity contribution is 0.438. The van der Waals surface area contributed by atoms with Crippen LogP contribution in [0.4, 0.5) is 0 Å². The van der Waals surface area contributed by atoms with Crippen LogP contribution in [0.15, 0.2) is 23.1 Å². The highest BCUT2D eigenvalue weighted by molar-refractivity contribution is 7.89. The first-order valence-corrected chi connectivity index (χ1v) is 9.59. The second kappa shape index (κ2) is 6.34. The number of hydrogen-bond donors (Lipinski definition) is 1. The average Bonchev–Trinajstić information content (AvgIpc) is 2.47. The van der Waals surface area contributed by atoms with Crippen molar-refractivity contribution < 1.29 is 12.6 Å². The lowest BCUT2D eigenvalue weighted by Crippen LogP contribution is -2.42. The van der Waals surface area contributed by atoms with Crippen molar-refractivity contribution in [2.75, 3.05) is 24.6 Å². The molecule has 1 aromatic carbocycles. The molecule has 1 aliphatic heterocycles. The second-order valence-corrected chi connectivity index (χ2v) is 8.35. The Labute approximate surface area is 122 Å². The van der Waals surface area contributed by atoms with Gasteiger partial charge >= 0.3 is 0 Å². The van der Waals surface area contributed by atoms with E-state index in [1.807, 2.05) is 19.1 Å². The fourth-order valence-corrected chi connectivity index (χ4v) is 5.33. The van der Waals surface area contributed by atoms with Gasteiger partial charge in [0.15, 0.2) is 0 Å². The van der Waals surface area contributed by atoms with Crippen molar-refractivity contribution in [3.8, 4) is 0 Å². The molecule has 1 heterocycles. The van der Waals surface area contributed by atoms with Crippen molar-refractivity contribution in [3.63, 3.8) is 0 Å². The fourth-order valence-electron chi connectivity index (χ4n) is 2.26. The Kier molecular flexibility index (Phi) is 4.95. The topological polar surface area (TPSA) is 80.5 Å². The molecular weight excluding hydrogens is 296 g/mol. The predicted molar refractivity (Wildman–Crippen MR) is 80.3 cm³/mol. The zero-order valence-corrected chi connectivity index (χ0v) is 13.2. The summed E-state index contributed by atoms with van der Waals surface area (Å²) in [7, 11) is -4.41. The number of nitrogens with two attached hydrogens (primary N) is 1. The first-order valence-electron chi connectivity index (χ1n) is 6.66. The minimum absolute atomic E-state index is 0.316. The van der Waals surface area contributed by atoms with E-state index in [4.69, 9.17) is 5.73 Å². The van der Waals surface area contributed by atoms with Gasteiger partial charge in [0.05, 0.1) is 4.90 Å². The van der Waals surface area contributed by atoms with Gasteiger partial charge in [-0.05, 0) is 23.6 Å². The maximum absolute atomic E-state index is 12.7. The van der Waals surface area contributed by atoms with Gasteiger partial charge in [-0.2, -0.15) is 4.31 Å². The lowest BCUT2D eigenvalue weighted by Gasteiger charge is -2.26. The van der Waals surface area contributed by atoms with Gasteiger partial charge in [-0.3, -0.25) is 4.21 Å². The van der Waals surface area contributed by atoms with E-state index in [0.717, 1.165) is 11.1 Å². The number of sulfonamides is 1. The summed E-state index contributed by atoms with van der Waals surface area (Å²) in [6.07, 6.45) is 0.652. The third-order valence-electron chi connectivity index (χ3n) is 3.50. The summed E-state index contributed by atoms with van der Waals surface area (Å²) in [4.78, 5) is 0.343. The molecule has 0 atom stereocenters. The van der Waals surface area contributed by atoms with Gasteiger partial charge in [0, 0.05) is 41.9 Å². The molecule has 0 aliphatic carbocycles. The largest absolute Gasteiger partial charge is 0.326 e. The Morgan fingerprint density at radius 3 is 2.50 bits per heavy atom. The fraction of sp³-hybridized carbons (Fsp3) is 0.538. The third-order valence-corrected chi connectivity index (χ3v) is 6.76. The summed E-state index contributed by atoms with van der Waals surface area (Å²) in [5, 5.41) is 0. The monoisotopic (exact) mass is 316 g/mol. The van der Waals surface area contributed by atoms with Crippen molar-refractivity contribution in [1.29, 1.82) is 0 Å². The molecule has 0 amide bonds. The summed E-state index contributed by atoms with van der Waals surface area (Å²) in [5.74, 6) is 0.828. The molecule has 0 unspecified atom stereocenters. The van der Waals surface area contributed by atoms with Crippen LogP contribution in [0, 0.1) is 0 Å². The van der Waals surface area contributed by atoms with Crippen molar-refractivity contribution in [1.82, 2.24) is 4.31 Å². The van der Waals surface area contributed by atoms with Gasteiger partial charge in [-0.25, -0.2) is 8.42 Å². The second-order valence-electron chi connectivity index (χ2n) is 4.75. The molecule has 2 rings (SSSR count). The number of benzene rings is 1. The maximum Gasteiger partial charge on any atom is 0.243 e. The van der Waals surface area contributed by atoms with Crippen LogP contribution < -0.4 is 5.73 Å². The van der Waals surface area contributed by atoms with Crippen LogP contribution in [0.5, 0.6) is 0 Å². The molecular formula is C13H20N2O3S2. The summed E-state index contributed by atoms with van der Waals surface area (Å²) in [5.41, 5.74) is 7.21. The standard InChI is InChI=1S/C13H20N2O3S2/c1-2-12-4-3-11(10-14)9-13(12)20(17,18)15-5-7-19(16)8-6-15/h3-4,9H,2,5-8,10,14H2,1H3.